The van der Waals surface area contributed by atoms with E-state index in [0.717, 1.165) is 48.7 Å². The van der Waals surface area contributed by atoms with Crippen LogP contribution in [-0.2, 0) is 11.3 Å². The highest BCUT2D eigenvalue weighted by Gasteiger charge is 2.13. The highest BCUT2D eigenvalue weighted by molar-refractivity contribution is 5.40. The number of hydrogen-bond donors (Lipinski definition) is 1. The molecule has 1 aromatic rings. The van der Waals surface area contributed by atoms with Crippen LogP contribution in [0.2, 0.25) is 0 Å². The number of aryl methyl sites for hydroxylation is 1. The lowest BCUT2D eigenvalue weighted by Crippen LogP contribution is -2.25. The molecule has 2 heterocycles. The van der Waals surface area contributed by atoms with Crippen LogP contribution in [0.1, 0.15) is 42.5 Å². The van der Waals surface area contributed by atoms with Gasteiger partial charge in [-0.1, -0.05) is 0 Å². The van der Waals surface area contributed by atoms with Gasteiger partial charge < -0.3 is 14.8 Å². The molecule has 0 spiro atoms. The van der Waals surface area contributed by atoms with Gasteiger partial charge in [-0.15, -0.1) is 0 Å². The molecule has 1 atom stereocenters. The molecule has 0 bridgehead atoms. The number of ether oxygens (including phenoxy) is 2. The van der Waals surface area contributed by atoms with Crippen molar-refractivity contribution in [2.45, 2.75) is 52.2 Å². The zero-order valence-electron chi connectivity index (χ0n) is 12.9. The van der Waals surface area contributed by atoms with Gasteiger partial charge in [0, 0.05) is 30.5 Å². The normalized spacial score (nSPS) is 19.1. The fourth-order valence-electron chi connectivity index (χ4n) is 2.75. The lowest BCUT2D eigenvalue weighted by atomic mass is 10.1. The molecule has 20 heavy (non-hydrogen) atoms. The maximum Gasteiger partial charge on any atom is 0.128 e. The van der Waals surface area contributed by atoms with E-state index in [1.54, 1.807) is 7.11 Å². The topological polar surface area (TPSA) is 43.4 Å². The van der Waals surface area contributed by atoms with Gasteiger partial charge >= 0.3 is 0 Å². The van der Waals surface area contributed by atoms with Gasteiger partial charge in [-0.3, -0.25) is 4.98 Å². The SMILES string of the molecule is COc1c(C)cnc(CNCCC2CCCCO2)c1C. The molecular formula is C16H26N2O2. The fourth-order valence-corrected chi connectivity index (χ4v) is 2.75. The second kappa shape index (κ2) is 7.60. The monoisotopic (exact) mass is 278 g/mol. The Balaban J connectivity index is 1.79. The van der Waals surface area contributed by atoms with E-state index in [2.05, 4.69) is 17.2 Å². The highest BCUT2D eigenvalue weighted by Crippen LogP contribution is 2.23. The minimum Gasteiger partial charge on any atom is -0.496 e. The summed E-state index contributed by atoms with van der Waals surface area (Å²) in [5.74, 6) is 0.951. The molecule has 4 heteroatoms. The first-order valence-corrected chi connectivity index (χ1v) is 7.53. The van der Waals surface area contributed by atoms with Crippen molar-refractivity contribution in [1.82, 2.24) is 10.3 Å². The van der Waals surface area contributed by atoms with E-state index >= 15 is 0 Å². The smallest absolute Gasteiger partial charge is 0.128 e. The molecule has 2 rings (SSSR count). The molecular weight excluding hydrogens is 252 g/mol. The zero-order valence-corrected chi connectivity index (χ0v) is 12.9. The average molecular weight is 278 g/mol. The van der Waals surface area contributed by atoms with Crippen molar-refractivity contribution in [2.75, 3.05) is 20.3 Å². The number of hydrogen-bond acceptors (Lipinski definition) is 4. The van der Waals surface area contributed by atoms with Gasteiger partial charge in [0.05, 0.1) is 18.9 Å². The van der Waals surface area contributed by atoms with Crippen LogP contribution in [0.3, 0.4) is 0 Å². The van der Waals surface area contributed by atoms with Crippen LogP contribution < -0.4 is 10.1 Å². The predicted molar refractivity (Wildman–Crippen MR) is 80.2 cm³/mol. The van der Waals surface area contributed by atoms with E-state index in [1.807, 2.05) is 13.1 Å². The number of nitrogens with one attached hydrogen (secondary N) is 1. The largest absolute Gasteiger partial charge is 0.496 e. The van der Waals surface area contributed by atoms with Gasteiger partial charge in [-0.25, -0.2) is 0 Å². The van der Waals surface area contributed by atoms with Crippen LogP contribution in [0.15, 0.2) is 6.20 Å². The molecule has 1 saturated heterocycles. The molecule has 0 amide bonds. The van der Waals surface area contributed by atoms with Gasteiger partial charge in [0.25, 0.3) is 0 Å². The number of rotatable bonds is 6. The average Bonchev–Trinajstić information content (AvgIpc) is 2.47. The Morgan fingerprint density at radius 3 is 2.95 bits per heavy atom. The molecule has 0 saturated carbocycles. The van der Waals surface area contributed by atoms with Crippen molar-refractivity contribution in [3.63, 3.8) is 0 Å². The minimum atomic E-state index is 0.442. The van der Waals surface area contributed by atoms with Crippen LogP contribution >= 0.6 is 0 Å². The molecule has 1 aromatic heterocycles. The summed E-state index contributed by atoms with van der Waals surface area (Å²) in [6.45, 7) is 6.79. The summed E-state index contributed by atoms with van der Waals surface area (Å²) in [5, 5.41) is 3.46. The highest BCUT2D eigenvalue weighted by atomic mass is 16.5. The second-order valence-corrected chi connectivity index (χ2v) is 5.50. The lowest BCUT2D eigenvalue weighted by molar-refractivity contribution is 0.0115. The number of methoxy groups -OCH3 is 1. The summed E-state index contributed by atoms with van der Waals surface area (Å²) in [5.41, 5.74) is 3.29. The van der Waals surface area contributed by atoms with Crippen LogP contribution in [0, 0.1) is 13.8 Å². The van der Waals surface area contributed by atoms with Gasteiger partial charge in [-0.05, 0) is 46.1 Å². The van der Waals surface area contributed by atoms with Gasteiger partial charge in [0.15, 0.2) is 0 Å². The Morgan fingerprint density at radius 2 is 2.25 bits per heavy atom. The fraction of sp³-hybridized carbons (Fsp3) is 0.688. The number of aromatic nitrogens is 1. The van der Waals surface area contributed by atoms with Crippen LogP contribution in [0.4, 0.5) is 0 Å². The third-order valence-electron chi connectivity index (χ3n) is 3.96. The summed E-state index contributed by atoms with van der Waals surface area (Å²) in [4.78, 5) is 4.50. The van der Waals surface area contributed by atoms with E-state index < -0.39 is 0 Å². The molecule has 1 aliphatic rings. The summed E-state index contributed by atoms with van der Waals surface area (Å²) < 4.78 is 11.2. The van der Waals surface area contributed by atoms with Gasteiger partial charge in [0.2, 0.25) is 0 Å². The van der Waals surface area contributed by atoms with E-state index in [1.165, 1.54) is 19.3 Å². The van der Waals surface area contributed by atoms with Gasteiger partial charge in [-0.2, -0.15) is 0 Å². The molecule has 1 fully saturated rings. The third kappa shape index (κ3) is 3.93. The maximum absolute atomic E-state index is 5.73. The van der Waals surface area contributed by atoms with E-state index in [4.69, 9.17) is 9.47 Å². The van der Waals surface area contributed by atoms with Crippen molar-refractivity contribution >= 4 is 0 Å². The number of nitrogens with zero attached hydrogens (tertiary/aromatic N) is 1. The summed E-state index contributed by atoms with van der Waals surface area (Å²) in [7, 11) is 1.72. The van der Waals surface area contributed by atoms with Crippen molar-refractivity contribution in [3.05, 3.63) is 23.0 Å². The van der Waals surface area contributed by atoms with Crippen LogP contribution in [0.5, 0.6) is 5.75 Å². The van der Waals surface area contributed by atoms with E-state index in [0.29, 0.717) is 6.10 Å². The Labute approximate surface area is 121 Å². The number of pyridine rings is 1. The Morgan fingerprint density at radius 1 is 1.40 bits per heavy atom. The van der Waals surface area contributed by atoms with Crippen LogP contribution in [0.25, 0.3) is 0 Å². The molecule has 1 aliphatic heterocycles. The first-order valence-electron chi connectivity index (χ1n) is 7.53. The standard InChI is InChI=1S/C16H26N2O2/c1-12-10-18-15(13(2)16(12)19-3)11-17-8-7-14-6-4-5-9-20-14/h10,14,17H,4-9,11H2,1-3H3. The Hall–Kier alpha value is -1.13. The molecule has 4 nitrogen and oxygen atoms in total. The third-order valence-corrected chi connectivity index (χ3v) is 3.96. The summed E-state index contributed by atoms with van der Waals surface area (Å²) in [6, 6.07) is 0. The predicted octanol–water partition coefficient (Wildman–Crippen LogP) is 2.76. The molecule has 0 radical (unpaired) electrons. The molecule has 0 aromatic carbocycles. The summed E-state index contributed by atoms with van der Waals surface area (Å²) >= 11 is 0. The first kappa shape index (κ1) is 15.3. The van der Waals surface area contributed by atoms with Crippen LogP contribution in [-0.4, -0.2) is 31.3 Å². The lowest BCUT2D eigenvalue weighted by Gasteiger charge is -2.22. The van der Waals surface area contributed by atoms with Gasteiger partial charge in [0.1, 0.15) is 5.75 Å². The summed E-state index contributed by atoms with van der Waals surface area (Å²) in [6.07, 6.45) is 7.14. The quantitative estimate of drug-likeness (QED) is 0.813. The van der Waals surface area contributed by atoms with Crippen molar-refractivity contribution in [2.24, 2.45) is 0 Å². The zero-order chi connectivity index (χ0) is 14.4. The van der Waals surface area contributed by atoms with E-state index in [-0.39, 0.29) is 0 Å². The van der Waals surface area contributed by atoms with E-state index in [9.17, 15) is 0 Å². The molecule has 1 unspecified atom stereocenters. The minimum absolute atomic E-state index is 0.442. The second-order valence-electron chi connectivity index (χ2n) is 5.50. The molecule has 1 N–H and O–H groups in total. The van der Waals surface area contributed by atoms with Crippen molar-refractivity contribution in [3.8, 4) is 5.75 Å². The Kier molecular flexibility index (Phi) is 5.80. The molecule has 112 valence electrons. The Bertz CT molecular complexity index is 429. The van der Waals surface area contributed by atoms with Crippen molar-refractivity contribution < 1.29 is 9.47 Å². The first-order chi connectivity index (χ1) is 9.72. The maximum atomic E-state index is 5.73. The molecule has 0 aliphatic carbocycles. The van der Waals surface area contributed by atoms with Crippen molar-refractivity contribution in [1.29, 1.82) is 0 Å².